The van der Waals surface area contributed by atoms with Gasteiger partial charge < -0.3 is 15.7 Å². The van der Waals surface area contributed by atoms with Crippen LogP contribution >= 0.6 is 23.2 Å². The number of carbonyl (C=O) groups is 1. The van der Waals surface area contributed by atoms with E-state index >= 15 is 0 Å². The molecule has 0 saturated carbocycles. The first-order valence-electron chi connectivity index (χ1n) is 5.40. The molecule has 0 aliphatic carbocycles. The monoisotopic (exact) mass is 330 g/mol. The minimum Gasteiger partial charge on any atom is -0.387 e. The number of rotatable bonds is 4. The van der Waals surface area contributed by atoms with Crippen LogP contribution in [0, 0.1) is 0 Å². The Balaban J connectivity index is 2.47. The van der Waals surface area contributed by atoms with Gasteiger partial charge in [0.05, 0.1) is 6.10 Å². The van der Waals surface area contributed by atoms with E-state index in [2.05, 4.69) is 5.32 Å². The van der Waals surface area contributed by atoms with Gasteiger partial charge in [0, 0.05) is 22.2 Å². The molecule has 1 aromatic carbocycles. The lowest BCUT2D eigenvalue weighted by atomic mass is 10.1. The fraction of sp³-hybridized carbons (Fsp3) is 0.364. The number of halogens is 5. The Labute approximate surface area is 122 Å². The number of hydrogen-bond donors (Lipinski definition) is 3. The maximum Gasteiger partial charge on any atom is 0.405 e. The van der Waals surface area contributed by atoms with Crippen LogP contribution in [0.2, 0.25) is 10.0 Å². The van der Waals surface area contributed by atoms with Gasteiger partial charge in [-0.3, -0.25) is 0 Å². The number of aliphatic hydroxyl groups excluding tert-OH is 1. The Hall–Kier alpha value is -1.18. The third-order valence-corrected chi connectivity index (χ3v) is 2.79. The molecule has 4 nitrogen and oxygen atoms in total. The summed E-state index contributed by atoms with van der Waals surface area (Å²) in [7, 11) is 0. The Morgan fingerprint density at radius 2 is 1.95 bits per heavy atom. The molecular formula is C11H11Cl2F3N2O2. The van der Waals surface area contributed by atoms with Crippen molar-refractivity contribution in [1.29, 1.82) is 0 Å². The number of alkyl halides is 3. The van der Waals surface area contributed by atoms with Crippen LogP contribution in [0.4, 0.5) is 18.0 Å². The first kappa shape index (κ1) is 16.9. The van der Waals surface area contributed by atoms with E-state index in [0.717, 1.165) is 0 Å². The van der Waals surface area contributed by atoms with E-state index < -0.39 is 24.9 Å². The largest absolute Gasteiger partial charge is 0.405 e. The van der Waals surface area contributed by atoms with Crippen molar-refractivity contribution in [3.63, 3.8) is 0 Å². The van der Waals surface area contributed by atoms with Crippen molar-refractivity contribution in [3.05, 3.63) is 33.8 Å². The van der Waals surface area contributed by atoms with E-state index in [1.165, 1.54) is 18.2 Å². The summed E-state index contributed by atoms with van der Waals surface area (Å²) in [6.07, 6.45) is -5.65. The molecule has 0 bridgehead atoms. The molecule has 2 amide bonds. The predicted molar refractivity (Wildman–Crippen MR) is 68.9 cm³/mol. The van der Waals surface area contributed by atoms with Crippen molar-refractivity contribution >= 4 is 29.2 Å². The van der Waals surface area contributed by atoms with Gasteiger partial charge >= 0.3 is 12.2 Å². The molecule has 0 spiro atoms. The Bertz CT molecular complexity index is 483. The van der Waals surface area contributed by atoms with Crippen molar-refractivity contribution in [1.82, 2.24) is 10.6 Å². The summed E-state index contributed by atoms with van der Waals surface area (Å²) < 4.78 is 35.5. The van der Waals surface area contributed by atoms with Crippen molar-refractivity contribution in [3.8, 4) is 0 Å². The molecule has 1 atom stereocenters. The van der Waals surface area contributed by atoms with Gasteiger partial charge in [-0.1, -0.05) is 29.3 Å². The molecule has 0 saturated heterocycles. The zero-order chi connectivity index (χ0) is 15.3. The summed E-state index contributed by atoms with van der Waals surface area (Å²) in [6.45, 7) is -1.73. The van der Waals surface area contributed by atoms with Gasteiger partial charge in [0.25, 0.3) is 0 Å². The van der Waals surface area contributed by atoms with E-state index in [4.69, 9.17) is 23.2 Å². The number of benzene rings is 1. The lowest BCUT2D eigenvalue weighted by Gasteiger charge is -2.15. The van der Waals surface area contributed by atoms with Gasteiger partial charge in [-0.2, -0.15) is 13.2 Å². The highest BCUT2D eigenvalue weighted by atomic mass is 35.5. The van der Waals surface area contributed by atoms with Gasteiger partial charge in [-0.05, 0) is 12.1 Å². The second-order valence-corrected chi connectivity index (χ2v) is 4.70. The molecule has 0 aromatic heterocycles. The molecule has 0 aliphatic rings. The molecule has 3 N–H and O–H groups in total. The molecule has 1 rings (SSSR count). The van der Waals surface area contributed by atoms with E-state index in [0.29, 0.717) is 10.6 Å². The zero-order valence-electron chi connectivity index (χ0n) is 9.97. The van der Waals surface area contributed by atoms with Gasteiger partial charge in [-0.15, -0.1) is 0 Å². The van der Waals surface area contributed by atoms with Crippen molar-refractivity contribution in [2.45, 2.75) is 12.3 Å². The lowest BCUT2D eigenvalue weighted by molar-refractivity contribution is -0.122. The van der Waals surface area contributed by atoms with Gasteiger partial charge in [0.1, 0.15) is 6.54 Å². The van der Waals surface area contributed by atoms with Crippen LogP contribution in [0.5, 0.6) is 0 Å². The molecule has 20 heavy (non-hydrogen) atoms. The topological polar surface area (TPSA) is 61.4 Å². The second-order valence-electron chi connectivity index (χ2n) is 3.86. The number of aliphatic hydroxyl groups is 1. The van der Waals surface area contributed by atoms with Crippen LogP contribution in [-0.4, -0.2) is 30.4 Å². The standard InChI is InChI=1S/C11H11Cl2F3N2O2/c12-6-1-2-7(8(13)3-6)9(19)4-17-10(20)18-5-11(14,15)16/h1-3,9,19H,4-5H2,(H2,17,18,20). The fourth-order valence-electron chi connectivity index (χ4n) is 1.31. The fourth-order valence-corrected chi connectivity index (χ4v) is 1.85. The zero-order valence-corrected chi connectivity index (χ0v) is 11.5. The van der Waals surface area contributed by atoms with Gasteiger partial charge in [-0.25, -0.2) is 4.79 Å². The van der Waals surface area contributed by atoms with Crippen LogP contribution < -0.4 is 10.6 Å². The van der Waals surface area contributed by atoms with Crippen molar-refractivity contribution < 1.29 is 23.1 Å². The quantitative estimate of drug-likeness (QED) is 0.794. The highest BCUT2D eigenvalue weighted by molar-refractivity contribution is 6.35. The molecular weight excluding hydrogens is 320 g/mol. The van der Waals surface area contributed by atoms with E-state index in [1.54, 1.807) is 5.32 Å². The summed E-state index contributed by atoms with van der Waals surface area (Å²) in [5, 5.41) is 14.1. The van der Waals surface area contributed by atoms with Crippen molar-refractivity contribution in [2.75, 3.05) is 13.1 Å². The predicted octanol–water partition coefficient (Wildman–Crippen LogP) is 2.89. The third-order valence-electron chi connectivity index (χ3n) is 2.23. The van der Waals surface area contributed by atoms with Crippen molar-refractivity contribution in [2.24, 2.45) is 0 Å². The van der Waals surface area contributed by atoms with Crippen LogP contribution in [0.15, 0.2) is 18.2 Å². The summed E-state index contributed by atoms with van der Waals surface area (Å²) >= 11 is 11.5. The highest BCUT2D eigenvalue weighted by Crippen LogP contribution is 2.25. The number of nitrogens with one attached hydrogen (secondary N) is 2. The number of carbonyl (C=O) groups excluding carboxylic acids is 1. The molecule has 0 radical (unpaired) electrons. The minimum atomic E-state index is -4.49. The average Bonchev–Trinajstić information content (AvgIpc) is 2.32. The third kappa shape index (κ3) is 5.85. The van der Waals surface area contributed by atoms with E-state index in [9.17, 15) is 23.1 Å². The first-order valence-corrected chi connectivity index (χ1v) is 6.16. The first-order chi connectivity index (χ1) is 9.19. The molecule has 112 valence electrons. The smallest absolute Gasteiger partial charge is 0.387 e. The molecule has 0 fully saturated rings. The second kappa shape index (κ2) is 7.01. The number of amides is 2. The summed E-state index contributed by atoms with van der Waals surface area (Å²) in [5.74, 6) is 0. The maximum absolute atomic E-state index is 11.8. The van der Waals surface area contributed by atoms with Gasteiger partial charge in [0.15, 0.2) is 0 Å². The van der Waals surface area contributed by atoms with Crippen LogP contribution in [0.25, 0.3) is 0 Å². The Morgan fingerprint density at radius 3 is 2.50 bits per heavy atom. The number of urea groups is 1. The summed E-state index contributed by atoms with van der Waals surface area (Å²) in [5.41, 5.74) is 0.312. The molecule has 9 heteroatoms. The molecule has 0 aliphatic heterocycles. The summed E-state index contributed by atoms with van der Waals surface area (Å²) in [4.78, 5) is 11.1. The van der Waals surface area contributed by atoms with Crippen LogP contribution in [0.1, 0.15) is 11.7 Å². The lowest BCUT2D eigenvalue weighted by Crippen LogP contribution is -2.42. The average molecular weight is 331 g/mol. The van der Waals surface area contributed by atoms with Gasteiger partial charge in [0.2, 0.25) is 0 Å². The molecule has 1 aromatic rings. The van der Waals surface area contributed by atoms with Crippen LogP contribution in [0.3, 0.4) is 0 Å². The summed E-state index contributed by atoms with van der Waals surface area (Å²) in [6, 6.07) is 3.33. The van der Waals surface area contributed by atoms with E-state index in [1.807, 2.05) is 0 Å². The Kier molecular flexibility index (Phi) is 5.91. The minimum absolute atomic E-state index is 0.197. The highest BCUT2D eigenvalue weighted by Gasteiger charge is 2.27. The Morgan fingerprint density at radius 1 is 1.30 bits per heavy atom. The normalized spacial score (nSPS) is 12.9. The number of hydrogen-bond acceptors (Lipinski definition) is 2. The molecule has 0 heterocycles. The SMILES string of the molecule is O=C(NCC(O)c1ccc(Cl)cc1Cl)NCC(F)(F)F. The van der Waals surface area contributed by atoms with Crippen LogP contribution in [-0.2, 0) is 0 Å². The van der Waals surface area contributed by atoms with E-state index in [-0.39, 0.29) is 11.6 Å². The molecule has 1 unspecified atom stereocenters. The maximum atomic E-state index is 11.8.